The Morgan fingerprint density at radius 2 is 1.94 bits per heavy atom. The zero-order valence-corrected chi connectivity index (χ0v) is 19.2. The molecule has 0 amide bonds. The Balaban J connectivity index is 1.38. The molecular formula is C25H28N6S. The van der Waals surface area contributed by atoms with E-state index in [1.165, 1.54) is 27.8 Å². The number of guanidine groups is 1. The second-order valence-electron chi connectivity index (χ2n) is 7.71. The predicted octanol–water partition coefficient (Wildman–Crippen LogP) is 4.52. The smallest absolute Gasteiger partial charge is 0.191 e. The molecule has 4 aromatic rings. The third-order valence-electron chi connectivity index (χ3n) is 5.45. The molecule has 6 nitrogen and oxygen atoms in total. The van der Waals surface area contributed by atoms with Gasteiger partial charge in [-0.1, -0.05) is 55.5 Å². The molecule has 2 aromatic heterocycles. The summed E-state index contributed by atoms with van der Waals surface area (Å²) in [6.45, 7) is 4.48. The van der Waals surface area contributed by atoms with Crippen LogP contribution in [0.1, 0.15) is 29.5 Å². The second-order valence-corrected chi connectivity index (χ2v) is 8.49. The lowest BCUT2D eigenvalue weighted by atomic mass is 9.98. The number of nitrogens with zero attached hydrogens (tertiary/aromatic N) is 4. The fourth-order valence-corrected chi connectivity index (χ4v) is 4.35. The van der Waals surface area contributed by atoms with Gasteiger partial charge in [-0.25, -0.2) is 9.67 Å². The maximum Gasteiger partial charge on any atom is 0.191 e. The van der Waals surface area contributed by atoms with E-state index in [0.29, 0.717) is 12.5 Å². The maximum absolute atomic E-state index is 4.39. The Hall–Kier alpha value is -3.45. The highest BCUT2D eigenvalue weighted by atomic mass is 32.1. The minimum Gasteiger partial charge on any atom is -0.356 e. The van der Waals surface area contributed by atoms with Crippen molar-refractivity contribution in [3.63, 3.8) is 0 Å². The molecule has 0 aliphatic rings. The molecular weight excluding hydrogens is 416 g/mol. The van der Waals surface area contributed by atoms with Gasteiger partial charge in [0.25, 0.3) is 0 Å². The van der Waals surface area contributed by atoms with Gasteiger partial charge in [-0.05, 0) is 50.6 Å². The molecule has 0 aliphatic heterocycles. The van der Waals surface area contributed by atoms with Crippen LogP contribution >= 0.6 is 11.3 Å². The number of nitrogens with one attached hydrogen (secondary N) is 2. The molecule has 0 spiro atoms. The molecule has 1 atom stereocenters. The van der Waals surface area contributed by atoms with Gasteiger partial charge in [0.15, 0.2) is 5.96 Å². The number of hydrogen-bond acceptors (Lipinski definition) is 4. The Morgan fingerprint density at radius 1 is 1.09 bits per heavy atom. The number of hydrogen-bond donors (Lipinski definition) is 2. The van der Waals surface area contributed by atoms with E-state index in [1.54, 1.807) is 24.0 Å². The van der Waals surface area contributed by atoms with Crippen molar-refractivity contribution in [2.45, 2.75) is 25.9 Å². The molecule has 2 aromatic carbocycles. The van der Waals surface area contributed by atoms with E-state index in [-0.39, 0.29) is 0 Å². The first-order valence-electron chi connectivity index (χ1n) is 10.7. The van der Waals surface area contributed by atoms with Crippen LogP contribution in [-0.4, -0.2) is 34.3 Å². The van der Waals surface area contributed by atoms with Crippen LogP contribution in [0, 0.1) is 0 Å². The van der Waals surface area contributed by atoms with Crippen molar-refractivity contribution < 1.29 is 0 Å². The molecule has 2 N–H and O–H groups in total. The molecule has 0 saturated carbocycles. The van der Waals surface area contributed by atoms with Gasteiger partial charge in [0.1, 0.15) is 12.7 Å². The van der Waals surface area contributed by atoms with Crippen LogP contribution < -0.4 is 10.6 Å². The van der Waals surface area contributed by atoms with Crippen molar-refractivity contribution in [1.82, 2.24) is 25.4 Å². The SMILES string of the molecule is CN=C(NCc1ccccc1-c1ccc(Cn2cncn2)cc1)NCC(C)c1ccsc1. The zero-order valence-electron chi connectivity index (χ0n) is 18.4. The van der Waals surface area contributed by atoms with Crippen molar-refractivity contribution in [3.8, 4) is 11.1 Å². The molecule has 32 heavy (non-hydrogen) atoms. The maximum atomic E-state index is 4.39. The Labute approximate surface area is 193 Å². The Kier molecular flexibility index (Phi) is 7.30. The van der Waals surface area contributed by atoms with Crippen LogP contribution in [0.25, 0.3) is 11.1 Å². The van der Waals surface area contributed by atoms with Crippen molar-refractivity contribution in [2.75, 3.05) is 13.6 Å². The van der Waals surface area contributed by atoms with Crippen molar-refractivity contribution in [2.24, 2.45) is 4.99 Å². The van der Waals surface area contributed by atoms with Gasteiger partial charge in [-0.3, -0.25) is 4.99 Å². The monoisotopic (exact) mass is 444 g/mol. The van der Waals surface area contributed by atoms with E-state index in [2.05, 4.69) is 98.0 Å². The summed E-state index contributed by atoms with van der Waals surface area (Å²) in [5.74, 6) is 1.24. The predicted molar refractivity (Wildman–Crippen MR) is 132 cm³/mol. The van der Waals surface area contributed by atoms with Crippen LogP contribution in [0.2, 0.25) is 0 Å². The van der Waals surface area contributed by atoms with Gasteiger partial charge in [-0.2, -0.15) is 16.4 Å². The minimum atomic E-state index is 0.433. The molecule has 0 bridgehead atoms. The normalized spacial score (nSPS) is 12.5. The lowest BCUT2D eigenvalue weighted by Crippen LogP contribution is -2.38. The van der Waals surface area contributed by atoms with E-state index in [9.17, 15) is 0 Å². The Bertz CT molecular complexity index is 1120. The summed E-state index contributed by atoms with van der Waals surface area (Å²) in [6, 6.07) is 19.3. The number of aromatic nitrogens is 3. The zero-order chi connectivity index (χ0) is 22.2. The second kappa shape index (κ2) is 10.7. The minimum absolute atomic E-state index is 0.433. The van der Waals surface area contributed by atoms with Crippen LogP contribution in [0.5, 0.6) is 0 Å². The molecule has 2 heterocycles. The molecule has 0 radical (unpaired) electrons. The third kappa shape index (κ3) is 5.62. The number of rotatable bonds is 8. The van der Waals surface area contributed by atoms with Gasteiger partial charge in [0, 0.05) is 20.1 Å². The summed E-state index contributed by atoms with van der Waals surface area (Å²) in [6.07, 6.45) is 3.29. The first kappa shape index (κ1) is 21.8. The molecule has 0 saturated heterocycles. The first-order chi connectivity index (χ1) is 15.7. The average Bonchev–Trinajstić information content (AvgIpc) is 3.55. The lowest BCUT2D eigenvalue weighted by molar-refractivity contribution is 0.685. The highest BCUT2D eigenvalue weighted by Crippen LogP contribution is 2.24. The number of thiophene rings is 1. The Morgan fingerprint density at radius 3 is 2.66 bits per heavy atom. The number of aliphatic imine (C=N–C) groups is 1. The molecule has 0 fully saturated rings. The van der Waals surface area contributed by atoms with Gasteiger partial charge >= 0.3 is 0 Å². The quantitative estimate of drug-likeness (QED) is 0.310. The number of benzene rings is 2. The van der Waals surface area contributed by atoms with Crippen LogP contribution in [0.3, 0.4) is 0 Å². The highest BCUT2D eigenvalue weighted by Gasteiger charge is 2.09. The molecule has 4 rings (SSSR count). The first-order valence-corrected chi connectivity index (χ1v) is 11.6. The summed E-state index contributed by atoms with van der Waals surface area (Å²) in [5, 5.41) is 15.4. The van der Waals surface area contributed by atoms with Gasteiger partial charge in [0.2, 0.25) is 0 Å². The molecule has 1 unspecified atom stereocenters. The van der Waals surface area contributed by atoms with Crippen molar-refractivity contribution >= 4 is 17.3 Å². The standard InChI is InChI=1S/C25H28N6S/c1-19(23-11-12-32-16-23)13-28-25(26-2)29-14-22-5-3-4-6-24(22)21-9-7-20(8-10-21)15-31-18-27-17-30-31/h3-12,16-19H,13-15H2,1-2H3,(H2,26,28,29). The third-order valence-corrected chi connectivity index (χ3v) is 6.15. The van der Waals surface area contributed by atoms with Crippen LogP contribution in [-0.2, 0) is 13.1 Å². The summed E-state index contributed by atoms with van der Waals surface area (Å²) >= 11 is 1.74. The summed E-state index contributed by atoms with van der Waals surface area (Å²) < 4.78 is 1.82. The molecule has 0 aliphatic carbocycles. The largest absolute Gasteiger partial charge is 0.356 e. The topological polar surface area (TPSA) is 67.1 Å². The summed E-state index contributed by atoms with van der Waals surface area (Å²) in [5.41, 5.74) is 6.19. The van der Waals surface area contributed by atoms with E-state index >= 15 is 0 Å². The van der Waals surface area contributed by atoms with E-state index in [1.807, 2.05) is 11.7 Å². The summed E-state index contributed by atoms with van der Waals surface area (Å²) in [7, 11) is 1.81. The summed E-state index contributed by atoms with van der Waals surface area (Å²) in [4.78, 5) is 8.39. The van der Waals surface area contributed by atoms with Gasteiger partial charge in [-0.15, -0.1) is 0 Å². The fourth-order valence-electron chi connectivity index (χ4n) is 3.57. The van der Waals surface area contributed by atoms with Gasteiger partial charge in [0.05, 0.1) is 6.54 Å². The van der Waals surface area contributed by atoms with Gasteiger partial charge < -0.3 is 10.6 Å². The molecule has 164 valence electrons. The fraction of sp³-hybridized carbons (Fsp3) is 0.240. The van der Waals surface area contributed by atoms with Crippen LogP contribution in [0.4, 0.5) is 0 Å². The lowest BCUT2D eigenvalue weighted by Gasteiger charge is -2.17. The van der Waals surface area contributed by atoms with E-state index in [4.69, 9.17) is 0 Å². The van der Waals surface area contributed by atoms with E-state index < -0.39 is 0 Å². The van der Waals surface area contributed by atoms with Crippen LogP contribution in [0.15, 0.2) is 83.0 Å². The van der Waals surface area contributed by atoms with Crippen molar-refractivity contribution in [3.05, 3.63) is 94.7 Å². The average molecular weight is 445 g/mol. The molecule has 7 heteroatoms. The van der Waals surface area contributed by atoms with Crippen molar-refractivity contribution in [1.29, 1.82) is 0 Å². The highest BCUT2D eigenvalue weighted by molar-refractivity contribution is 7.07. The van der Waals surface area contributed by atoms with E-state index in [0.717, 1.165) is 19.0 Å².